The number of carbonyl (C=O) groups excluding carboxylic acids is 1. The summed E-state index contributed by atoms with van der Waals surface area (Å²) in [6.45, 7) is 3.69. The van der Waals surface area contributed by atoms with Crippen LogP contribution < -0.4 is 0 Å². The third-order valence-electron chi connectivity index (χ3n) is 4.37. The van der Waals surface area contributed by atoms with Crippen molar-refractivity contribution in [1.82, 2.24) is 14.5 Å². The quantitative estimate of drug-likeness (QED) is 0.721. The van der Waals surface area contributed by atoms with E-state index in [9.17, 15) is 9.90 Å². The molecule has 2 aromatic heterocycles. The normalized spacial score (nSPS) is 11.0. The fourth-order valence-corrected chi connectivity index (χ4v) is 3.12. The molecule has 0 unspecified atom stereocenters. The number of aryl methyl sites for hydroxylation is 1. The lowest BCUT2D eigenvalue weighted by molar-refractivity contribution is -0.131. The van der Waals surface area contributed by atoms with Crippen LogP contribution in [0.25, 0.3) is 10.9 Å². The van der Waals surface area contributed by atoms with Crippen LogP contribution in [0.2, 0.25) is 0 Å². The first-order chi connectivity index (χ1) is 12.2. The second-order valence-corrected chi connectivity index (χ2v) is 6.03. The molecule has 1 aromatic carbocycles. The Kier molecular flexibility index (Phi) is 5.46. The second kappa shape index (κ2) is 7.94. The first-order valence-corrected chi connectivity index (χ1v) is 8.57. The molecule has 130 valence electrons. The fourth-order valence-electron chi connectivity index (χ4n) is 3.12. The molecule has 0 saturated carbocycles. The van der Waals surface area contributed by atoms with Gasteiger partial charge in [0.15, 0.2) is 0 Å². The van der Waals surface area contributed by atoms with Crippen LogP contribution >= 0.6 is 0 Å². The van der Waals surface area contributed by atoms with Gasteiger partial charge in [0.05, 0.1) is 13.0 Å². The van der Waals surface area contributed by atoms with Gasteiger partial charge in [0.2, 0.25) is 5.91 Å². The van der Waals surface area contributed by atoms with Gasteiger partial charge < -0.3 is 14.6 Å². The Morgan fingerprint density at radius 3 is 2.80 bits per heavy atom. The first kappa shape index (κ1) is 17.2. The highest BCUT2D eigenvalue weighted by Crippen LogP contribution is 2.22. The summed E-state index contributed by atoms with van der Waals surface area (Å²) in [5, 5.41) is 10.4. The van der Waals surface area contributed by atoms with E-state index in [1.54, 1.807) is 17.3 Å². The standard InChI is InChI=1S/C20H23N3O2/c1-2-22-15-17(18-7-3-4-8-19(18)22)12-20(25)23(10-11-24)14-16-6-5-9-21-13-16/h3-9,13,15,24H,2,10-12,14H2,1H3. The molecule has 3 aromatic rings. The molecule has 0 fully saturated rings. The van der Waals surface area contributed by atoms with E-state index in [1.165, 1.54) is 0 Å². The molecule has 0 aliphatic rings. The molecule has 0 aliphatic heterocycles. The van der Waals surface area contributed by atoms with Gasteiger partial charge in [-0.05, 0) is 30.2 Å². The number of aromatic nitrogens is 2. The molecule has 0 bridgehead atoms. The minimum absolute atomic E-state index is 0.0110. The van der Waals surface area contributed by atoms with Crippen LogP contribution in [0.15, 0.2) is 55.0 Å². The van der Waals surface area contributed by atoms with Crippen LogP contribution in [0, 0.1) is 0 Å². The molecule has 0 aliphatic carbocycles. The monoisotopic (exact) mass is 337 g/mol. The summed E-state index contributed by atoms with van der Waals surface area (Å²) in [4.78, 5) is 18.6. The van der Waals surface area contributed by atoms with Crippen molar-refractivity contribution in [3.8, 4) is 0 Å². The molecule has 2 heterocycles. The zero-order valence-corrected chi connectivity index (χ0v) is 14.4. The van der Waals surface area contributed by atoms with Crippen molar-refractivity contribution in [2.24, 2.45) is 0 Å². The predicted octanol–water partition coefficient (Wildman–Crippen LogP) is 2.62. The van der Waals surface area contributed by atoms with E-state index in [0.717, 1.165) is 28.6 Å². The lowest BCUT2D eigenvalue weighted by Crippen LogP contribution is -2.34. The summed E-state index contributed by atoms with van der Waals surface area (Å²) < 4.78 is 2.16. The lowest BCUT2D eigenvalue weighted by atomic mass is 10.1. The van der Waals surface area contributed by atoms with Crippen LogP contribution in [0.5, 0.6) is 0 Å². The zero-order chi connectivity index (χ0) is 17.6. The molecule has 5 heteroatoms. The van der Waals surface area contributed by atoms with Gasteiger partial charge in [0.25, 0.3) is 0 Å². The summed E-state index contributed by atoms with van der Waals surface area (Å²) in [6.07, 6.45) is 5.85. The first-order valence-electron chi connectivity index (χ1n) is 8.57. The van der Waals surface area contributed by atoms with Crippen LogP contribution in [-0.2, 0) is 24.3 Å². The Morgan fingerprint density at radius 2 is 2.08 bits per heavy atom. The summed E-state index contributed by atoms with van der Waals surface area (Å²) >= 11 is 0. The summed E-state index contributed by atoms with van der Waals surface area (Å²) in [6, 6.07) is 11.9. The molecule has 5 nitrogen and oxygen atoms in total. The zero-order valence-electron chi connectivity index (χ0n) is 14.4. The van der Waals surface area contributed by atoms with Crippen LogP contribution in [0.1, 0.15) is 18.1 Å². The van der Waals surface area contributed by atoms with Gasteiger partial charge in [0, 0.05) is 49.1 Å². The van der Waals surface area contributed by atoms with Gasteiger partial charge in [-0.25, -0.2) is 0 Å². The van der Waals surface area contributed by atoms with E-state index in [-0.39, 0.29) is 12.5 Å². The van der Waals surface area contributed by atoms with Crippen molar-refractivity contribution in [3.63, 3.8) is 0 Å². The number of benzene rings is 1. The lowest BCUT2D eigenvalue weighted by Gasteiger charge is -2.21. The Balaban J connectivity index is 1.82. The second-order valence-electron chi connectivity index (χ2n) is 6.03. The minimum atomic E-state index is -0.0529. The molecule has 1 N–H and O–H groups in total. The van der Waals surface area contributed by atoms with E-state index in [0.29, 0.717) is 19.5 Å². The molecular weight excluding hydrogens is 314 g/mol. The Bertz CT molecular complexity index is 843. The highest BCUT2D eigenvalue weighted by Gasteiger charge is 2.17. The third-order valence-corrected chi connectivity index (χ3v) is 4.37. The fraction of sp³-hybridized carbons (Fsp3) is 0.300. The van der Waals surface area contributed by atoms with E-state index in [2.05, 4.69) is 34.8 Å². The third kappa shape index (κ3) is 3.88. The molecule has 0 spiro atoms. The van der Waals surface area contributed by atoms with Crippen LogP contribution in [0.3, 0.4) is 0 Å². The maximum atomic E-state index is 12.8. The molecule has 3 rings (SSSR count). The average Bonchev–Trinajstić information content (AvgIpc) is 3.00. The van der Waals surface area contributed by atoms with Gasteiger partial charge in [-0.3, -0.25) is 9.78 Å². The van der Waals surface area contributed by atoms with Crippen LogP contribution in [0.4, 0.5) is 0 Å². The number of amides is 1. The predicted molar refractivity (Wildman–Crippen MR) is 98.1 cm³/mol. The van der Waals surface area contributed by atoms with E-state index < -0.39 is 0 Å². The smallest absolute Gasteiger partial charge is 0.227 e. The van der Waals surface area contributed by atoms with Gasteiger partial charge in [-0.1, -0.05) is 24.3 Å². The molecule has 0 atom stereocenters. The molecule has 25 heavy (non-hydrogen) atoms. The van der Waals surface area contributed by atoms with Crippen molar-refractivity contribution in [3.05, 3.63) is 66.1 Å². The summed E-state index contributed by atoms with van der Waals surface area (Å²) in [5.41, 5.74) is 3.13. The van der Waals surface area contributed by atoms with Gasteiger partial charge in [-0.15, -0.1) is 0 Å². The van der Waals surface area contributed by atoms with Gasteiger partial charge >= 0.3 is 0 Å². The SMILES string of the molecule is CCn1cc(CC(=O)N(CCO)Cc2cccnc2)c2ccccc21. The number of hydrogen-bond donors (Lipinski definition) is 1. The molecular formula is C20H23N3O2. The Hall–Kier alpha value is -2.66. The Morgan fingerprint density at radius 1 is 1.24 bits per heavy atom. The topological polar surface area (TPSA) is 58.4 Å². The number of aliphatic hydroxyl groups excluding tert-OH is 1. The number of carbonyl (C=O) groups is 1. The largest absolute Gasteiger partial charge is 0.395 e. The maximum absolute atomic E-state index is 12.8. The number of nitrogens with zero attached hydrogens (tertiary/aromatic N) is 3. The van der Waals surface area contributed by atoms with Gasteiger partial charge in [0.1, 0.15) is 0 Å². The summed E-state index contributed by atoms with van der Waals surface area (Å²) in [5.74, 6) is 0.0110. The number of hydrogen-bond acceptors (Lipinski definition) is 3. The Labute approximate surface area is 147 Å². The average molecular weight is 337 g/mol. The summed E-state index contributed by atoms with van der Waals surface area (Å²) in [7, 11) is 0. The van der Waals surface area contributed by atoms with Crippen molar-refractivity contribution in [2.75, 3.05) is 13.2 Å². The van der Waals surface area contributed by atoms with Crippen molar-refractivity contribution in [2.45, 2.75) is 26.4 Å². The number of fused-ring (bicyclic) bond motifs is 1. The van der Waals surface area contributed by atoms with Crippen molar-refractivity contribution >= 4 is 16.8 Å². The number of para-hydroxylation sites is 1. The van der Waals surface area contributed by atoms with Crippen molar-refractivity contribution < 1.29 is 9.90 Å². The maximum Gasteiger partial charge on any atom is 0.227 e. The van der Waals surface area contributed by atoms with Crippen LogP contribution in [-0.4, -0.2) is 38.6 Å². The highest BCUT2D eigenvalue weighted by atomic mass is 16.3. The highest BCUT2D eigenvalue weighted by molar-refractivity contribution is 5.89. The minimum Gasteiger partial charge on any atom is -0.395 e. The van der Waals surface area contributed by atoms with E-state index >= 15 is 0 Å². The number of pyridine rings is 1. The van der Waals surface area contributed by atoms with Crippen molar-refractivity contribution in [1.29, 1.82) is 0 Å². The molecule has 1 amide bonds. The van der Waals surface area contributed by atoms with Gasteiger partial charge in [-0.2, -0.15) is 0 Å². The number of rotatable bonds is 7. The molecule has 0 saturated heterocycles. The number of aliphatic hydroxyl groups is 1. The van der Waals surface area contributed by atoms with E-state index in [4.69, 9.17) is 0 Å². The van der Waals surface area contributed by atoms with E-state index in [1.807, 2.05) is 24.3 Å². The molecule has 0 radical (unpaired) electrons.